The molecular weight excluding hydrogens is 460 g/mol. The maximum Gasteiger partial charge on any atom is 0.415 e. The lowest BCUT2D eigenvalue weighted by Gasteiger charge is -2.28. The van der Waals surface area contributed by atoms with Crippen molar-refractivity contribution in [2.75, 3.05) is 7.05 Å². The van der Waals surface area contributed by atoms with Crippen LogP contribution in [-0.4, -0.2) is 31.4 Å². The first-order valence-corrected chi connectivity index (χ1v) is 10.9. The van der Waals surface area contributed by atoms with Gasteiger partial charge in [0.1, 0.15) is 11.5 Å². The number of nitrogens with zero attached hydrogens (tertiary/aromatic N) is 2. The molecule has 1 aromatic heterocycles. The van der Waals surface area contributed by atoms with Gasteiger partial charge < -0.3 is 13.7 Å². The molecule has 12 heteroatoms. The molecule has 2 heterocycles. The average Bonchev–Trinajstić information content (AvgIpc) is 2.78. The smallest absolute Gasteiger partial charge is 0.415 e. The van der Waals surface area contributed by atoms with Gasteiger partial charge in [0.05, 0.1) is 13.1 Å². The number of carbonyl (C=O) groups is 1. The summed E-state index contributed by atoms with van der Waals surface area (Å²) in [5.41, 5.74) is 0.638. The number of fused-ring (bicyclic) bond motifs is 1. The van der Waals surface area contributed by atoms with Gasteiger partial charge in [0.2, 0.25) is 0 Å². The number of nitrogens with one attached hydrogen (secondary N) is 1. The molecule has 0 unspecified atom stereocenters. The van der Waals surface area contributed by atoms with Crippen molar-refractivity contribution >= 4 is 16.4 Å². The SMILES string of the molecule is CNS(=O)(=O)Oc1cccc(CN2Cc3ccc(Oc4ncccc4F)cc3OC2=O)c1F. The van der Waals surface area contributed by atoms with E-state index in [2.05, 4.69) is 9.17 Å². The van der Waals surface area contributed by atoms with Crippen molar-refractivity contribution < 1.29 is 35.6 Å². The van der Waals surface area contributed by atoms with E-state index in [0.29, 0.717) is 5.56 Å². The molecule has 1 N–H and O–H groups in total. The van der Waals surface area contributed by atoms with Gasteiger partial charge in [0.15, 0.2) is 17.4 Å². The zero-order valence-corrected chi connectivity index (χ0v) is 17.9. The van der Waals surface area contributed by atoms with Crippen molar-refractivity contribution in [3.63, 3.8) is 0 Å². The van der Waals surface area contributed by atoms with Gasteiger partial charge in [0, 0.05) is 30.4 Å². The van der Waals surface area contributed by atoms with Gasteiger partial charge in [0.25, 0.3) is 5.88 Å². The molecule has 1 aliphatic rings. The fraction of sp³-hybridized carbons (Fsp3) is 0.143. The molecule has 9 nitrogen and oxygen atoms in total. The number of benzene rings is 2. The van der Waals surface area contributed by atoms with E-state index in [1.165, 1.54) is 41.4 Å². The van der Waals surface area contributed by atoms with E-state index in [-0.39, 0.29) is 36.0 Å². The van der Waals surface area contributed by atoms with Gasteiger partial charge >= 0.3 is 16.4 Å². The average molecular weight is 477 g/mol. The molecular formula is C21H17F2N3O6S. The maximum absolute atomic E-state index is 14.8. The van der Waals surface area contributed by atoms with Crippen LogP contribution in [0, 0.1) is 11.6 Å². The number of carbonyl (C=O) groups excluding carboxylic acids is 1. The topological polar surface area (TPSA) is 107 Å². The van der Waals surface area contributed by atoms with Gasteiger partial charge in [-0.1, -0.05) is 12.1 Å². The molecule has 0 atom stereocenters. The van der Waals surface area contributed by atoms with Crippen molar-refractivity contribution in [3.8, 4) is 23.1 Å². The number of amides is 1. The van der Waals surface area contributed by atoms with Gasteiger partial charge in [-0.25, -0.2) is 18.6 Å². The van der Waals surface area contributed by atoms with Gasteiger partial charge in [-0.05, 0) is 30.3 Å². The molecule has 0 saturated carbocycles. The first-order chi connectivity index (χ1) is 15.8. The Kier molecular flexibility index (Phi) is 6.11. The van der Waals surface area contributed by atoms with Crippen LogP contribution in [0.1, 0.15) is 11.1 Å². The fourth-order valence-corrected chi connectivity index (χ4v) is 3.49. The zero-order valence-electron chi connectivity index (χ0n) is 17.1. The van der Waals surface area contributed by atoms with Gasteiger partial charge in [-0.3, -0.25) is 4.90 Å². The van der Waals surface area contributed by atoms with Crippen LogP contribution >= 0.6 is 0 Å². The van der Waals surface area contributed by atoms with E-state index in [4.69, 9.17) is 9.47 Å². The minimum atomic E-state index is -4.16. The minimum absolute atomic E-state index is 0.0322. The first kappa shape index (κ1) is 22.4. The van der Waals surface area contributed by atoms with Crippen molar-refractivity contribution in [2.45, 2.75) is 13.1 Å². The molecule has 0 aliphatic carbocycles. The third-order valence-electron chi connectivity index (χ3n) is 4.65. The Hall–Kier alpha value is -3.77. The molecule has 0 fully saturated rings. The molecule has 0 saturated heterocycles. The molecule has 172 valence electrons. The Balaban J connectivity index is 1.51. The van der Waals surface area contributed by atoms with E-state index in [1.807, 2.05) is 4.72 Å². The lowest BCUT2D eigenvalue weighted by Crippen LogP contribution is -2.36. The normalized spacial score (nSPS) is 13.3. The fourth-order valence-electron chi connectivity index (χ4n) is 3.04. The van der Waals surface area contributed by atoms with Crippen LogP contribution in [0.4, 0.5) is 13.6 Å². The molecule has 1 amide bonds. The van der Waals surface area contributed by atoms with Crippen LogP contribution < -0.4 is 18.4 Å². The first-order valence-electron chi connectivity index (χ1n) is 9.54. The molecule has 0 radical (unpaired) electrons. The van der Waals surface area contributed by atoms with E-state index >= 15 is 0 Å². The highest BCUT2D eigenvalue weighted by Gasteiger charge is 2.27. The van der Waals surface area contributed by atoms with Crippen LogP contribution in [0.2, 0.25) is 0 Å². The maximum atomic E-state index is 14.8. The number of hydrogen-bond donors (Lipinski definition) is 1. The lowest BCUT2D eigenvalue weighted by molar-refractivity contribution is 0.134. The van der Waals surface area contributed by atoms with Crippen LogP contribution in [0.3, 0.4) is 0 Å². The highest BCUT2D eigenvalue weighted by Crippen LogP contribution is 2.33. The lowest BCUT2D eigenvalue weighted by atomic mass is 10.1. The molecule has 0 bridgehead atoms. The Morgan fingerprint density at radius 1 is 1.18 bits per heavy atom. The Labute approximate surface area is 187 Å². The molecule has 3 aromatic rings. The number of halogens is 2. The second-order valence-corrected chi connectivity index (χ2v) is 8.34. The quantitative estimate of drug-likeness (QED) is 0.555. The standard InChI is InChI=1S/C21H17F2N3O6S/c1-24-33(28,29)32-17-6-2-4-14(19(17)23)12-26-11-13-7-8-15(10-18(13)31-21(26)27)30-20-16(22)5-3-9-25-20/h2-10,24H,11-12H2,1H3. The highest BCUT2D eigenvalue weighted by atomic mass is 32.2. The number of hydrogen-bond acceptors (Lipinski definition) is 7. The monoisotopic (exact) mass is 477 g/mol. The Bertz CT molecular complexity index is 1320. The summed E-state index contributed by atoms with van der Waals surface area (Å²) in [7, 11) is -3.03. The summed E-state index contributed by atoms with van der Waals surface area (Å²) in [6.07, 6.45) is 0.624. The molecule has 33 heavy (non-hydrogen) atoms. The summed E-state index contributed by atoms with van der Waals surface area (Å²) in [4.78, 5) is 17.5. The summed E-state index contributed by atoms with van der Waals surface area (Å²) in [5.74, 6) is -1.86. The third kappa shape index (κ3) is 5.02. The predicted molar refractivity (Wildman–Crippen MR) is 111 cm³/mol. The minimum Gasteiger partial charge on any atom is -0.436 e. The number of aromatic nitrogens is 1. The van der Waals surface area contributed by atoms with Crippen molar-refractivity contribution in [1.29, 1.82) is 0 Å². The summed E-state index contributed by atoms with van der Waals surface area (Å²) in [5, 5.41) is 0. The van der Waals surface area contributed by atoms with E-state index in [9.17, 15) is 22.0 Å². The second-order valence-electron chi connectivity index (χ2n) is 6.86. The summed E-state index contributed by atoms with van der Waals surface area (Å²) in [6, 6.07) is 11.2. The molecule has 0 spiro atoms. The predicted octanol–water partition coefficient (Wildman–Crippen LogP) is 3.51. The molecule has 1 aliphatic heterocycles. The number of pyridine rings is 1. The van der Waals surface area contributed by atoms with E-state index in [0.717, 1.165) is 13.1 Å². The van der Waals surface area contributed by atoms with Crippen LogP contribution in [0.5, 0.6) is 23.1 Å². The van der Waals surface area contributed by atoms with Crippen molar-refractivity contribution in [3.05, 3.63) is 77.5 Å². The number of ether oxygens (including phenoxy) is 2. The van der Waals surface area contributed by atoms with E-state index < -0.39 is 33.8 Å². The summed E-state index contributed by atoms with van der Waals surface area (Å²) >= 11 is 0. The van der Waals surface area contributed by atoms with Crippen LogP contribution in [-0.2, 0) is 23.4 Å². The molecule has 2 aromatic carbocycles. The second kappa shape index (κ2) is 9.00. The number of rotatable bonds is 7. The zero-order chi connectivity index (χ0) is 23.6. The summed E-state index contributed by atoms with van der Waals surface area (Å²) in [6.45, 7) is -0.107. The Morgan fingerprint density at radius 3 is 2.76 bits per heavy atom. The van der Waals surface area contributed by atoms with Gasteiger partial charge in [-0.15, -0.1) is 0 Å². The van der Waals surface area contributed by atoms with Crippen molar-refractivity contribution in [1.82, 2.24) is 14.6 Å². The van der Waals surface area contributed by atoms with Crippen LogP contribution in [0.15, 0.2) is 54.7 Å². The van der Waals surface area contributed by atoms with E-state index in [1.54, 1.807) is 12.1 Å². The highest BCUT2D eigenvalue weighted by molar-refractivity contribution is 7.85. The largest absolute Gasteiger partial charge is 0.436 e. The third-order valence-corrected chi connectivity index (χ3v) is 5.55. The van der Waals surface area contributed by atoms with Crippen LogP contribution in [0.25, 0.3) is 0 Å². The summed E-state index contributed by atoms with van der Waals surface area (Å²) < 4.78 is 68.9. The van der Waals surface area contributed by atoms with Crippen molar-refractivity contribution in [2.24, 2.45) is 0 Å². The Morgan fingerprint density at radius 2 is 2.00 bits per heavy atom. The van der Waals surface area contributed by atoms with Gasteiger partial charge in [-0.2, -0.15) is 13.1 Å². The molecule has 4 rings (SSSR count).